The van der Waals surface area contributed by atoms with Crippen molar-refractivity contribution in [1.82, 2.24) is 9.55 Å². The molecule has 1 aliphatic rings. The molecule has 1 saturated heterocycles. The van der Waals surface area contributed by atoms with Gasteiger partial charge in [0.15, 0.2) is 0 Å². The van der Waals surface area contributed by atoms with Crippen LogP contribution in [0.3, 0.4) is 0 Å². The maximum Gasteiger partial charge on any atom is 0.144 e. The van der Waals surface area contributed by atoms with Crippen LogP contribution in [0.5, 0.6) is 0 Å². The first-order valence-electron chi connectivity index (χ1n) is 6.83. The molecule has 0 saturated carbocycles. The third-order valence-electron chi connectivity index (χ3n) is 3.84. The first-order valence-corrected chi connectivity index (χ1v) is 9.13. The summed E-state index contributed by atoms with van der Waals surface area (Å²) in [5.74, 6) is 1.58. The monoisotopic (exact) mass is 348 g/mol. The normalized spacial score (nSPS) is 24.4. The highest BCUT2D eigenvalue weighted by Crippen LogP contribution is 2.34. The van der Waals surface area contributed by atoms with Crippen molar-refractivity contribution in [2.75, 3.05) is 11.5 Å². The average Bonchev–Trinajstić information content (AvgIpc) is 2.79. The predicted molar refractivity (Wildman–Crippen MR) is 85.1 cm³/mol. The first kappa shape index (κ1) is 15.3. The highest BCUT2D eigenvalue weighted by atomic mass is 35.5. The van der Waals surface area contributed by atoms with E-state index in [1.165, 1.54) is 12.1 Å². The Balaban J connectivity index is 2.16. The van der Waals surface area contributed by atoms with E-state index in [4.69, 9.17) is 23.2 Å². The van der Waals surface area contributed by atoms with E-state index in [9.17, 15) is 8.60 Å². The molecule has 0 radical (unpaired) electrons. The van der Waals surface area contributed by atoms with Crippen LogP contribution in [0.4, 0.5) is 4.39 Å². The third-order valence-corrected chi connectivity index (χ3v) is 5.70. The van der Waals surface area contributed by atoms with Crippen LogP contribution in [0, 0.1) is 5.82 Å². The molecule has 21 heavy (non-hydrogen) atoms. The van der Waals surface area contributed by atoms with Crippen molar-refractivity contribution >= 4 is 45.0 Å². The molecule has 1 aromatic heterocycles. The number of halogens is 3. The number of aromatic nitrogens is 2. The van der Waals surface area contributed by atoms with Gasteiger partial charge in [0.1, 0.15) is 11.6 Å². The first-order chi connectivity index (χ1) is 9.97. The van der Waals surface area contributed by atoms with E-state index < -0.39 is 16.6 Å². The van der Waals surface area contributed by atoms with Crippen molar-refractivity contribution in [2.45, 2.75) is 31.2 Å². The van der Waals surface area contributed by atoms with Crippen molar-refractivity contribution in [1.29, 1.82) is 0 Å². The lowest BCUT2D eigenvalue weighted by atomic mass is 10.1. The molecule has 2 aromatic rings. The summed E-state index contributed by atoms with van der Waals surface area (Å²) in [7, 11) is -0.744. The van der Waals surface area contributed by atoms with Gasteiger partial charge in [-0.15, -0.1) is 11.6 Å². The number of hydrogen-bond acceptors (Lipinski definition) is 2. The van der Waals surface area contributed by atoms with Gasteiger partial charge in [0.05, 0.1) is 21.4 Å². The Morgan fingerprint density at radius 1 is 1.43 bits per heavy atom. The Morgan fingerprint density at radius 2 is 2.10 bits per heavy atom. The lowest BCUT2D eigenvalue weighted by molar-refractivity contribution is 0.457. The Labute approximate surface area is 134 Å². The van der Waals surface area contributed by atoms with Crippen LogP contribution >= 0.6 is 23.2 Å². The van der Waals surface area contributed by atoms with E-state index in [0.717, 1.165) is 12.8 Å². The number of imidazole rings is 1. The van der Waals surface area contributed by atoms with Crippen LogP contribution in [-0.4, -0.2) is 25.3 Å². The lowest BCUT2D eigenvalue weighted by Crippen LogP contribution is -2.23. The molecule has 0 aliphatic carbocycles. The number of nitrogens with zero attached hydrogens (tertiary/aromatic N) is 2. The highest BCUT2D eigenvalue weighted by Gasteiger charge is 2.26. The molecule has 2 heterocycles. The van der Waals surface area contributed by atoms with Gasteiger partial charge in [0, 0.05) is 34.4 Å². The van der Waals surface area contributed by atoms with Crippen molar-refractivity contribution < 1.29 is 8.60 Å². The maximum absolute atomic E-state index is 13.8. The zero-order chi connectivity index (χ0) is 15.1. The fourth-order valence-electron chi connectivity index (χ4n) is 2.81. The van der Waals surface area contributed by atoms with Gasteiger partial charge in [0.25, 0.3) is 0 Å². The fourth-order valence-corrected chi connectivity index (χ4v) is 4.40. The van der Waals surface area contributed by atoms with E-state index in [2.05, 4.69) is 4.98 Å². The van der Waals surface area contributed by atoms with E-state index in [0.29, 0.717) is 28.4 Å². The van der Waals surface area contributed by atoms with E-state index in [1.807, 2.05) is 11.5 Å². The van der Waals surface area contributed by atoms with Gasteiger partial charge in [-0.1, -0.05) is 11.6 Å². The number of hydrogen-bond donors (Lipinski definition) is 0. The standard InChI is InChI=1S/C14H15Cl2FN2OS/c1-8(15)14-18-12-6-10(16)11(17)7-13(12)19(14)9-2-4-21(20)5-3-9/h6-9H,2-5H2,1H3. The number of fused-ring (bicyclic) bond motifs is 1. The Bertz CT molecular complexity index is 707. The molecule has 0 spiro atoms. The van der Waals surface area contributed by atoms with Crippen molar-refractivity contribution in [3.8, 4) is 0 Å². The number of alkyl halides is 1. The smallest absolute Gasteiger partial charge is 0.144 e. The van der Waals surface area contributed by atoms with E-state index in [1.54, 1.807) is 0 Å². The molecule has 0 N–H and O–H groups in total. The van der Waals surface area contributed by atoms with Crippen molar-refractivity contribution in [3.63, 3.8) is 0 Å². The topological polar surface area (TPSA) is 34.9 Å². The highest BCUT2D eigenvalue weighted by molar-refractivity contribution is 7.85. The SMILES string of the molecule is CC(Cl)c1nc2cc(Cl)c(F)cc2n1C1CCS(=O)CC1. The molecule has 1 fully saturated rings. The second kappa shape index (κ2) is 5.86. The van der Waals surface area contributed by atoms with Gasteiger partial charge in [0.2, 0.25) is 0 Å². The summed E-state index contributed by atoms with van der Waals surface area (Å²) in [5, 5.41) is -0.225. The molecule has 3 nitrogen and oxygen atoms in total. The second-order valence-corrected chi connectivity index (χ2v) is 8.05. The third kappa shape index (κ3) is 2.83. The Morgan fingerprint density at radius 3 is 2.71 bits per heavy atom. The quantitative estimate of drug-likeness (QED) is 0.761. The summed E-state index contributed by atoms with van der Waals surface area (Å²) >= 11 is 12.1. The van der Waals surface area contributed by atoms with Gasteiger partial charge in [-0.05, 0) is 25.8 Å². The molecular formula is C14H15Cl2FN2OS. The molecule has 1 aliphatic heterocycles. The number of benzene rings is 1. The van der Waals surface area contributed by atoms with Crippen molar-refractivity contribution in [2.24, 2.45) is 0 Å². The van der Waals surface area contributed by atoms with Crippen LogP contribution < -0.4 is 0 Å². The molecule has 3 rings (SSSR count). The zero-order valence-electron chi connectivity index (χ0n) is 11.5. The molecular weight excluding hydrogens is 334 g/mol. The molecule has 1 unspecified atom stereocenters. The van der Waals surface area contributed by atoms with Gasteiger partial charge < -0.3 is 4.57 Å². The summed E-state index contributed by atoms with van der Waals surface area (Å²) in [6.07, 6.45) is 1.58. The Hall–Kier alpha value is -0.650. The van der Waals surface area contributed by atoms with Crippen LogP contribution in [-0.2, 0) is 10.8 Å². The predicted octanol–water partition coefficient (Wildman–Crippen LogP) is 4.21. The minimum absolute atomic E-state index is 0.0608. The van der Waals surface area contributed by atoms with Gasteiger partial charge in [-0.2, -0.15) is 0 Å². The average molecular weight is 349 g/mol. The van der Waals surface area contributed by atoms with Crippen LogP contribution in [0.1, 0.15) is 37.0 Å². The molecule has 0 amide bonds. The molecule has 0 bridgehead atoms. The second-order valence-electron chi connectivity index (χ2n) is 5.29. The molecule has 1 atom stereocenters. The van der Waals surface area contributed by atoms with Crippen LogP contribution in [0.25, 0.3) is 11.0 Å². The fraction of sp³-hybridized carbons (Fsp3) is 0.500. The van der Waals surface area contributed by atoms with Gasteiger partial charge in [-0.3, -0.25) is 4.21 Å². The van der Waals surface area contributed by atoms with Gasteiger partial charge >= 0.3 is 0 Å². The van der Waals surface area contributed by atoms with E-state index in [-0.39, 0.29) is 16.4 Å². The van der Waals surface area contributed by atoms with Crippen LogP contribution in [0.15, 0.2) is 12.1 Å². The maximum atomic E-state index is 13.8. The Kier molecular flexibility index (Phi) is 4.26. The summed E-state index contributed by atoms with van der Waals surface area (Å²) in [5.41, 5.74) is 1.35. The molecule has 114 valence electrons. The van der Waals surface area contributed by atoms with Crippen molar-refractivity contribution in [3.05, 3.63) is 28.8 Å². The minimum atomic E-state index is -0.744. The zero-order valence-corrected chi connectivity index (χ0v) is 13.8. The van der Waals surface area contributed by atoms with Crippen LogP contribution in [0.2, 0.25) is 5.02 Å². The largest absolute Gasteiger partial charge is 0.323 e. The lowest BCUT2D eigenvalue weighted by Gasteiger charge is -2.25. The molecule has 1 aromatic carbocycles. The van der Waals surface area contributed by atoms with E-state index >= 15 is 0 Å². The number of rotatable bonds is 2. The van der Waals surface area contributed by atoms with Gasteiger partial charge in [-0.25, -0.2) is 9.37 Å². The summed E-state index contributed by atoms with van der Waals surface area (Å²) in [6.45, 7) is 1.85. The minimum Gasteiger partial charge on any atom is -0.323 e. The molecule has 7 heteroatoms. The summed E-state index contributed by atoms with van der Waals surface area (Å²) in [6, 6.07) is 3.11. The summed E-state index contributed by atoms with van der Waals surface area (Å²) < 4.78 is 27.4. The summed E-state index contributed by atoms with van der Waals surface area (Å²) in [4.78, 5) is 4.51.